The minimum atomic E-state index is -0.0582. The van der Waals surface area contributed by atoms with Gasteiger partial charge in [-0.2, -0.15) is 0 Å². The Morgan fingerprint density at radius 3 is 2.74 bits per heavy atom. The Balaban J connectivity index is 1.99. The van der Waals surface area contributed by atoms with E-state index >= 15 is 0 Å². The van der Waals surface area contributed by atoms with Crippen LogP contribution < -0.4 is 10.2 Å². The van der Waals surface area contributed by atoms with Crippen molar-refractivity contribution in [1.29, 1.82) is 0 Å². The van der Waals surface area contributed by atoms with E-state index in [1.165, 1.54) is 4.90 Å². The van der Waals surface area contributed by atoms with E-state index in [0.29, 0.717) is 0 Å². The highest BCUT2D eigenvalue weighted by molar-refractivity contribution is 9.10. The van der Waals surface area contributed by atoms with Crippen LogP contribution in [-0.4, -0.2) is 38.3 Å². The number of benzene rings is 1. The van der Waals surface area contributed by atoms with Crippen molar-refractivity contribution in [1.82, 2.24) is 0 Å². The lowest BCUT2D eigenvalue weighted by Gasteiger charge is -2.28. The summed E-state index contributed by atoms with van der Waals surface area (Å²) in [5.41, 5.74) is 1.99. The molecular formula is C14H20BrN2O2+. The van der Waals surface area contributed by atoms with Crippen molar-refractivity contribution in [3.8, 4) is 0 Å². The molecule has 1 aromatic rings. The van der Waals surface area contributed by atoms with Crippen LogP contribution in [0.3, 0.4) is 0 Å². The van der Waals surface area contributed by atoms with Gasteiger partial charge in [0.2, 0.25) is 0 Å². The summed E-state index contributed by atoms with van der Waals surface area (Å²) in [6.45, 7) is 7.25. The quantitative estimate of drug-likeness (QED) is 0.869. The van der Waals surface area contributed by atoms with E-state index in [-0.39, 0.29) is 11.9 Å². The van der Waals surface area contributed by atoms with E-state index < -0.39 is 0 Å². The van der Waals surface area contributed by atoms with Crippen LogP contribution in [0.5, 0.6) is 0 Å². The Bertz CT molecular complexity index is 459. The Morgan fingerprint density at radius 2 is 2.11 bits per heavy atom. The highest BCUT2D eigenvalue weighted by Gasteiger charge is 2.27. The smallest absolute Gasteiger partial charge is 0.282 e. The molecule has 1 aliphatic heterocycles. The third-order valence-electron chi connectivity index (χ3n) is 3.52. The number of quaternary nitrogens is 1. The van der Waals surface area contributed by atoms with E-state index in [1.54, 1.807) is 0 Å². The second-order valence-electron chi connectivity index (χ2n) is 4.96. The number of rotatable bonds is 3. The molecular weight excluding hydrogens is 308 g/mol. The first-order valence-corrected chi connectivity index (χ1v) is 7.36. The molecule has 0 aromatic heterocycles. The highest BCUT2D eigenvalue weighted by Crippen LogP contribution is 2.23. The molecule has 0 aliphatic carbocycles. The molecule has 0 spiro atoms. The molecule has 0 unspecified atom stereocenters. The van der Waals surface area contributed by atoms with Crippen molar-refractivity contribution in [3.05, 3.63) is 28.2 Å². The van der Waals surface area contributed by atoms with Crippen molar-refractivity contribution in [2.24, 2.45) is 0 Å². The van der Waals surface area contributed by atoms with Gasteiger partial charge in [-0.05, 0) is 47.5 Å². The van der Waals surface area contributed by atoms with E-state index in [9.17, 15) is 4.79 Å². The monoisotopic (exact) mass is 327 g/mol. The molecule has 0 bridgehead atoms. The third kappa shape index (κ3) is 3.78. The zero-order valence-corrected chi connectivity index (χ0v) is 12.9. The summed E-state index contributed by atoms with van der Waals surface area (Å²) in [5, 5.41) is 2.99. The Labute approximate surface area is 122 Å². The predicted octanol–water partition coefficient (Wildman–Crippen LogP) is 1.000. The van der Waals surface area contributed by atoms with E-state index in [4.69, 9.17) is 4.74 Å². The summed E-state index contributed by atoms with van der Waals surface area (Å²) >= 11 is 3.48. The third-order valence-corrected chi connectivity index (χ3v) is 4.18. The van der Waals surface area contributed by atoms with Crippen LogP contribution in [0.25, 0.3) is 0 Å². The molecule has 1 aliphatic rings. The van der Waals surface area contributed by atoms with Gasteiger partial charge in [0.15, 0.2) is 6.04 Å². The lowest BCUT2D eigenvalue weighted by Crippen LogP contribution is -3.18. The van der Waals surface area contributed by atoms with Crippen LogP contribution in [0.15, 0.2) is 22.7 Å². The molecule has 0 radical (unpaired) electrons. The molecule has 1 heterocycles. The summed E-state index contributed by atoms with van der Waals surface area (Å²) < 4.78 is 6.24. The number of hydrogen-bond donors (Lipinski definition) is 2. The highest BCUT2D eigenvalue weighted by atomic mass is 79.9. The molecule has 19 heavy (non-hydrogen) atoms. The van der Waals surface area contributed by atoms with Crippen molar-refractivity contribution in [3.63, 3.8) is 0 Å². The van der Waals surface area contributed by atoms with Crippen molar-refractivity contribution in [2.75, 3.05) is 31.6 Å². The molecule has 1 aromatic carbocycles. The molecule has 4 nitrogen and oxygen atoms in total. The average molecular weight is 328 g/mol. The SMILES string of the molecule is Cc1ccc(NC(=O)[C@@H](C)[NH+]2CCOCC2)c(Br)c1. The van der Waals surface area contributed by atoms with Crippen LogP contribution in [0, 0.1) is 6.92 Å². The Morgan fingerprint density at radius 1 is 1.42 bits per heavy atom. The summed E-state index contributed by atoms with van der Waals surface area (Å²) in [6.07, 6.45) is 0. The van der Waals surface area contributed by atoms with E-state index in [1.807, 2.05) is 32.0 Å². The van der Waals surface area contributed by atoms with Gasteiger partial charge in [-0.15, -0.1) is 0 Å². The number of anilines is 1. The maximum absolute atomic E-state index is 12.3. The number of nitrogens with one attached hydrogen (secondary N) is 2. The van der Waals surface area contributed by atoms with Gasteiger partial charge in [0.25, 0.3) is 5.91 Å². The zero-order chi connectivity index (χ0) is 13.8. The van der Waals surface area contributed by atoms with Crippen LogP contribution in [0.4, 0.5) is 5.69 Å². The van der Waals surface area contributed by atoms with Gasteiger partial charge in [0.1, 0.15) is 13.1 Å². The van der Waals surface area contributed by atoms with Crippen molar-refractivity contribution >= 4 is 27.5 Å². The fraction of sp³-hybridized carbons (Fsp3) is 0.500. The predicted molar refractivity (Wildman–Crippen MR) is 78.5 cm³/mol. The van der Waals surface area contributed by atoms with Gasteiger partial charge in [0.05, 0.1) is 18.9 Å². The van der Waals surface area contributed by atoms with Crippen LogP contribution in [-0.2, 0) is 9.53 Å². The molecule has 2 N–H and O–H groups in total. The largest absolute Gasteiger partial charge is 0.370 e. The molecule has 2 rings (SSSR count). The number of morpholine rings is 1. The minimum Gasteiger partial charge on any atom is -0.370 e. The first-order valence-electron chi connectivity index (χ1n) is 6.57. The normalized spacial score (nSPS) is 18.1. The number of hydrogen-bond acceptors (Lipinski definition) is 2. The summed E-state index contributed by atoms with van der Waals surface area (Å²) in [4.78, 5) is 13.5. The Kier molecular flexibility index (Phi) is 4.96. The van der Waals surface area contributed by atoms with E-state index in [0.717, 1.165) is 42.0 Å². The number of aryl methyl sites for hydroxylation is 1. The van der Waals surface area contributed by atoms with Gasteiger partial charge in [0, 0.05) is 4.47 Å². The summed E-state index contributed by atoms with van der Waals surface area (Å²) in [7, 11) is 0. The summed E-state index contributed by atoms with van der Waals surface area (Å²) in [5.74, 6) is 0.0569. The van der Waals surface area contributed by atoms with Gasteiger partial charge in [-0.25, -0.2) is 0 Å². The molecule has 5 heteroatoms. The fourth-order valence-electron chi connectivity index (χ4n) is 2.21. The lowest BCUT2D eigenvalue weighted by atomic mass is 10.2. The molecule has 0 saturated carbocycles. The van der Waals surface area contributed by atoms with Crippen LogP contribution in [0.1, 0.15) is 12.5 Å². The van der Waals surface area contributed by atoms with Gasteiger partial charge >= 0.3 is 0 Å². The first-order chi connectivity index (χ1) is 9.08. The van der Waals surface area contributed by atoms with Crippen LogP contribution in [0.2, 0.25) is 0 Å². The van der Waals surface area contributed by atoms with Gasteiger partial charge in [-0.1, -0.05) is 6.07 Å². The number of carbonyl (C=O) groups is 1. The molecule has 1 amide bonds. The fourth-order valence-corrected chi connectivity index (χ4v) is 2.81. The Hall–Kier alpha value is -0.910. The minimum absolute atomic E-state index is 0.0569. The first kappa shape index (κ1) is 14.5. The second-order valence-corrected chi connectivity index (χ2v) is 5.82. The molecule has 1 atom stereocenters. The zero-order valence-electron chi connectivity index (χ0n) is 11.3. The average Bonchev–Trinajstić information content (AvgIpc) is 2.42. The maximum atomic E-state index is 12.3. The topological polar surface area (TPSA) is 42.8 Å². The number of carbonyl (C=O) groups excluding carboxylic acids is 1. The summed E-state index contributed by atoms with van der Waals surface area (Å²) in [6, 6.07) is 5.87. The van der Waals surface area contributed by atoms with Gasteiger partial charge in [-0.3, -0.25) is 4.79 Å². The maximum Gasteiger partial charge on any atom is 0.282 e. The van der Waals surface area contributed by atoms with Crippen molar-refractivity contribution in [2.45, 2.75) is 19.9 Å². The van der Waals surface area contributed by atoms with Gasteiger partial charge < -0.3 is 15.0 Å². The number of ether oxygens (including phenoxy) is 1. The second kappa shape index (κ2) is 6.50. The molecule has 104 valence electrons. The standard InChI is InChI=1S/C14H19BrN2O2/c1-10-3-4-13(12(15)9-10)16-14(18)11(2)17-5-7-19-8-6-17/h3-4,9,11H,5-8H2,1-2H3,(H,16,18)/p+1/t11-/m1/s1. The van der Waals surface area contributed by atoms with Crippen LogP contribution >= 0.6 is 15.9 Å². The number of amides is 1. The lowest BCUT2D eigenvalue weighted by molar-refractivity contribution is -0.921. The molecule has 1 fully saturated rings. The van der Waals surface area contributed by atoms with E-state index in [2.05, 4.69) is 21.2 Å². The number of halogens is 1. The molecule has 1 saturated heterocycles. The van der Waals surface area contributed by atoms with Crippen molar-refractivity contribution < 1.29 is 14.4 Å².